The summed E-state index contributed by atoms with van der Waals surface area (Å²) in [7, 11) is 0. The molecule has 1 rings (SSSR count). The summed E-state index contributed by atoms with van der Waals surface area (Å²) in [4.78, 5) is 6.14. The summed E-state index contributed by atoms with van der Waals surface area (Å²) in [6.07, 6.45) is 0. The summed E-state index contributed by atoms with van der Waals surface area (Å²) in [5, 5.41) is 0.597. The van der Waals surface area contributed by atoms with E-state index in [0.717, 1.165) is 6.54 Å². The second kappa shape index (κ2) is 3.64. The van der Waals surface area contributed by atoms with Crippen LogP contribution in [0.2, 0.25) is 0 Å². The molecule has 0 aromatic carbocycles. The molecule has 60 valence electrons. The molecule has 1 heterocycles. The lowest BCUT2D eigenvalue weighted by atomic mass is 10.3. The minimum absolute atomic E-state index is 0.321. The van der Waals surface area contributed by atoms with E-state index in [0.29, 0.717) is 17.9 Å². The van der Waals surface area contributed by atoms with Crippen molar-refractivity contribution in [3.05, 3.63) is 0 Å². The van der Waals surface area contributed by atoms with Gasteiger partial charge in [0.15, 0.2) is 5.29 Å². The maximum atomic E-state index is 5.82. The minimum Gasteiger partial charge on any atom is -0.334 e. The van der Waals surface area contributed by atoms with Gasteiger partial charge in [0.05, 0.1) is 12.6 Å². The summed E-state index contributed by atoms with van der Waals surface area (Å²) in [5.74, 6) is 5.78. The topological polar surface area (TPSA) is 15.6 Å². The molecule has 1 atom stereocenters. The van der Waals surface area contributed by atoms with Crippen molar-refractivity contribution in [2.24, 2.45) is 4.99 Å². The second-order valence-electron chi connectivity index (χ2n) is 2.55. The van der Waals surface area contributed by atoms with Gasteiger partial charge >= 0.3 is 0 Å². The zero-order chi connectivity index (χ0) is 8.27. The van der Waals surface area contributed by atoms with Crippen LogP contribution < -0.4 is 0 Å². The van der Waals surface area contributed by atoms with Gasteiger partial charge in [-0.05, 0) is 25.4 Å². The lowest BCUT2D eigenvalue weighted by Gasteiger charge is -2.12. The Balaban J connectivity index is 2.48. The number of hydrogen-bond acceptors (Lipinski definition) is 2. The van der Waals surface area contributed by atoms with Crippen LogP contribution in [0.3, 0.4) is 0 Å². The summed E-state index contributed by atoms with van der Waals surface area (Å²) in [6.45, 7) is 5.46. The average Bonchev–Trinajstić information content (AvgIpc) is 2.26. The molecule has 0 bridgehead atoms. The van der Waals surface area contributed by atoms with Crippen molar-refractivity contribution in [1.29, 1.82) is 0 Å². The quantitative estimate of drug-likeness (QED) is 0.428. The van der Waals surface area contributed by atoms with Gasteiger partial charge in [0.1, 0.15) is 0 Å². The molecule has 0 saturated carbocycles. The van der Waals surface area contributed by atoms with E-state index in [2.05, 4.69) is 16.8 Å². The molecular weight excluding hydrogens is 160 g/mol. The van der Waals surface area contributed by atoms with Crippen molar-refractivity contribution in [2.45, 2.75) is 19.9 Å². The first kappa shape index (κ1) is 8.42. The molecule has 1 unspecified atom stereocenters. The molecule has 0 spiro atoms. The number of nitrogens with zero attached hydrogens (tertiary/aromatic N) is 2. The van der Waals surface area contributed by atoms with Gasteiger partial charge in [0, 0.05) is 6.54 Å². The maximum absolute atomic E-state index is 5.82. The third-order valence-corrected chi connectivity index (χ3v) is 1.86. The van der Waals surface area contributed by atoms with Gasteiger partial charge < -0.3 is 4.90 Å². The largest absolute Gasteiger partial charge is 0.334 e. The monoisotopic (exact) mass is 170 g/mol. The van der Waals surface area contributed by atoms with Crippen LogP contribution in [-0.4, -0.2) is 29.3 Å². The standard InChI is InChI=1S/C8H11ClN2/c1-3-4-5-11-6-7(2)10-8(11)9/h7H,5-6H2,1-2H3. The molecule has 11 heavy (non-hydrogen) atoms. The van der Waals surface area contributed by atoms with Gasteiger partial charge in [0.25, 0.3) is 0 Å². The number of halogens is 1. The Morgan fingerprint density at radius 2 is 2.55 bits per heavy atom. The SMILES string of the molecule is CC#CCN1CC(C)N=C1Cl. The fourth-order valence-corrected chi connectivity index (χ4v) is 1.30. The fourth-order valence-electron chi connectivity index (χ4n) is 1.00. The van der Waals surface area contributed by atoms with Crippen molar-refractivity contribution in [2.75, 3.05) is 13.1 Å². The minimum atomic E-state index is 0.321. The van der Waals surface area contributed by atoms with E-state index in [1.54, 1.807) is 0 Å². The molecule has 1 aliphatic rings. The van der Waals surface area contributed by atoms with E-state index in [1.165, 1.54) is 0 Å². The fraction of sp³-hybridized carbons (Fsp3) is 0.625. The summed E-state index contributed by atoms with van der Waals surface area (Å²) in [6, 6.07) is 0.321. The van der Waals surface area contributed by atoms with Crippen molar-refractivity contribution in [1.82, 2.24) is 4.90 Å². The van der Waals surface area contributed by atoms with Crippen LogP contribution in [0.25, 0.3) is 0 Å². The lowest BCUT2D eigenvalue weighted by molar-refractivity contribution is 0.484. The van der Waals surface area contributed by atoms with Gasteiger partial charge in [-0.2, -0.15) is 0 Å². The van der Waals surface area contributed by atoms with E-state index in [4.69, 9.17) is 11.6 Å². The van der Waals surface area contributed by atoms with Gasteiger partial charge in [-0.25, -0.2) is 0 Å². The number of aliphatic imine (C=N–C) groups is 1. The lowest BCUT2D eigenvalue weighted by Crippen LogP contribution is -2.26. The van der Waals surface area contributed by atoms with Gasteiger partial charge in [0.2, 0.25) is 0 Å². The highest BCUT2D eigenvalue weighted by atomic mass is 35.5. The predicted octanol–water partition coefficient (Wildman–Crippen LogP) is 1.31. The van der Waals surface area contributed by atoms with Gasteiger partial charge in [-0.15, -0.1) is 5.92 Å². The molecule has 3 heteroatoms. The van der Waals surface area contributed by atoms with Gasteiger partial charge in [-0.1, -0.05) is 5.92 Å². The van der Waals surface area contributed by atoms with E-state index in [-0.39, 0.29) is 0 Å². The number of hydrogen-bond donors (Lipinski definition) is 0. The van der Waals surface area contributed by atoms with E-state index in [1.807, 2.05) is 18.7 Å². The molecule has 0 aromatic rings. The Morgan fingerprint density at radius 3 is 3.00 bits per heavy atom. The number of amidine groups is 1. The van der Waals surface area contributed by atoms with Gasteiger partial charge in [-0.3, -0.25) is 4.99 Å². The second-order valence-corrected chi connectivity index (χ2v) is 2.89. The van der Waals surface area contributed by atoms with Crippen molar-refractivity contribution in [3.63, 3.8) is 0 Å². The summed E-state index contributed by atoms with van der Waals surface area (Å²) in [5.41, 5.74) is 0. The van der Waals surface area contributed by atoms with Crippen LogP contribution in [-0.2, 0) is 0 Å². The molecule has 0 radical (unpaired) electrons. The zero-order valence-electron chi connectivity index (χ0n) is 6.76. The Labute approximate surface area is 72.2 Å². The van der Waals surface area contributed by atoms with E-state index >= 15 is 0 Å². The maximum Gasteiger partial charge on any atom is 0.195 e. The summed E-state index contributed by atoms with van der Waals surface area (Å²) >= 11 is 5.82. The van der Waals surface area contributed by atoms with Crippen molar-refractivity contribution in [3.8, 4) is 11.8 Å². The zero-order valence-corrected chi connectivity index (χ0v) is 7.52. The highest BCUT2D eigenvalue weighted by molar-refractivity contribution is 6.64. The highest BCUT2D eigenvalue weighted by Crippen LogP contribution is 2.09. The molecule has 1 aliphatic heterocycles. The predicted molar refractivity (Wildman–Crippen MR) is 47.8 cm³/mol. The Kier molecular flexibility index (Phi) is 2.78. The average molecular weight is 171 g/mol. The first-order valence-electron chi connectivity index (χ1n) is 3.62. The van der Waals surface area contributed by atoms with Crippen LogP contribution in [0, 0.1) is 11.8 Å². The van der Waals surface area contributed by atoms with Crippen LogP contribution in [0.4, 0.5) is 0 Å². The summed E-state index contributed by atoms with van der Waals surface area (Å²) < 4.78 is 0. The Bertz CT molecular complexity index is 224. The molecule has 0 aromatic heterocycles. The van der Waals surface area contributed by atoms with E-state index in [9.17, 15) is 0 Å². The van der Waals surface area contributed by atoms with Crippen LogP contribution in [0.1, 0.15) is 13.8 Å². The third kappa shape index (κ3) is 2.13. The molecule has 0 amide bonds. The molecule has 0 N–H and O–H groups in total. The van der Waals surface area contributed by atoms with Crippen LogP contribution in [0.15, 0.2) is 4.99 Å². The first-order valence-corrected chi connectivity index (χ1v) is 3.99. The molecule has 0 aliphatic carbocycles. The first-order chi connectivity index (χ1) is 5.24. The van der Waals surface area contributed by atoms with Crippen molar-refractivity contribution >= 4 is 16.9 Å². The van der Waals surface area contributed by atoms with Crippen LogP contribution in [0.5, 0.6) is 0 Å². The van der Waals surface area contributed by atoms with E-state index < -0.39 is 0 Å². The smallest absolute Gasteiger partial charge is 0.195 e. The molecule has 0 fully saturated rings. The Hall–Kier alpha value is -0.680. The Morgan fingerprint density at radius 1 is 1.82 bits per heavy atom. The van der Waals surface area contributed by atoms with Crippen molar-refractivity contribution < 1.29 is 0 Å². The molecular formula is C8H11ClN2. The molecule has 0 saturated heterocycles. The van der Waals surface area contributed by atoms with Crippen LogP contribution >= 0.6 is 11.6 Å². The third-order valence-electron chi connectivity index (χ3n) is 1.52. The molecule has 2 nitrogen and oxygen atoms in total. The highest BCUT2D eigenvalue weighted by Gasteiger charge is 2.18. The normalized spacial score (nSPS) is 22.6. The number of rotatable bonds is 1.